The molecule has 0 aliphatic carbocycles. The molecule has 16 heavy (non-hydrogen) atoms. The SMILES string of the molecule is CCCCCCCCCCCCC(P)CC. The summed E-state index contributed by atoms with van der Waals surface area (Å²) >= 11 is 0. The number of hydrogen-bond acceptors (Lipinski definition) is 0. The maximum absolute atomic E-state index is 2.97. The molecule has 0 nitrogen and oxygen atoms in total. The van der Waals surface area contributed by atoms with Crippen LogP contribution >= 0.6 is 9.24 Å². The summed E-state index contributed by atoms with van der Waals surface area (Å²) in [5.74, 6) is 0. The Hall–Kier alpha value is 0.430. The van der Waals surface area contributed by atoms with Crippen LogP contribution in [0.3, 0.4) is 0 Å². The smallest absolute Gasteiger partial charge is 0.0267 e. The lowest BCUT2D eigenvalue weighted by Crippen LogP contribution is -1.94. The molecule has 0 fully saturated rings. The Kier molecular flexibility index (Phi) is 13.9. The van der Waals surface area contributed by atoms with Gasteiger partial charge in [0.05, 0.1) is 0 Å². The van der Waals surface area contributed by atoms with E-state index in [-0.39, 0.29) is 0 Å². The molecule has 0 N–H and O–H groups in total. The standard InChI is InChI=1S/C15H33P/c1-3-5-6-7-8-9-10-11-12-13-14-15(16)4-2/h15H,3-14,16H2,1-2H3. The van der Waals surface area contributed by atoms with Crippen LogP contribution in [0.25, 0.3) is 0 Å². The molecule has 0 spiro atoms. The lowest BCUT2D eigenvalue weighted by Gasteiger charge is -2.07. The van der Waals surface area contributed by atoms with Crippen LogP contribution in [0.15, 0.2) is 0 Å². The van der Waals surface area contributed by atoms with Crippen LogP contribution in [0.5, 0.6) is 0 Å². The summed E-state index contributed by atoms with van der Waals surface area (Å²) in [4.78, 5) is 0. The Labute approximate surface area is 106 Å². The number of hydrogen-bond donors (Lipinski definition) is 0. The van der Waals surface area contributed by atoms with E-state index in [1.807, 2.05) is 0 Å². The summed E-state index contributed by atoms with van der Waals surface area (Å²) in [5, 5.41) is 0. The Morgan fingerprint density at radius 2 is 1.12 bits per heavy atom. The zero-order valence-corrected chi connectivity index (χ0v) is 12.8. The predicted octanol–water partition coefficient (Wildman–Crippen LogP) is 5.95. The van der Waals surface area contributed by atoms with Crippen molar-refractivity contribution < 1.29 is 0 Å². The van der Waals surface area contributed by atoms with Gasteiger partial charge in [-0.25, -0.2) is 0 Å². The van der Waals surface area contributed by atoms with Crippen molar-refractivity contribution in [1.82, 2.24) is 0 Å². The lowest BCUT2D eigenvalue weighted by molar-refractivity contribution is 0.545. The van der Waals surface area contributed by atoms with E-state index < -0.39 is 0 Å². The molecule has 0 heterocycles. The maximum atomic E-state index is 2.97. The summed E-state index contributed by atoms with van der Waals surface area (Å²) in [6.07, 6.45) is 17.3. The monoisotopic (exact) mass is 244 g/mol. The normalized spacial score (nSPS) is 12.9. The minimum atomic E-state index is 0.869. The van der Waals surface area contributed by atoms with E-state index in [2.05, 4.69) is 23.1 Å². The van der Waals surface area contributed by atoms with Crippen LogP contribution in [0.4, 0.5) is 0 Å². The minimum absolute atomic E-state index is 0.869. The first-order chi connectivity index (χ1) is 7.81. The highest BCUT2D eigenvalue weighted by molar-refractivity contribution is 7.17. The topological polar surface area (TPSA) is 0 Å². The van der Waals surface area contributed by atoms with E-state index in [9.17, 15) is 0 Å². The van der Waals surface area contributed by atoms with Gasteiger partial charge in [0.15, 0.2) is 0 Å². The van der Waals surface area contributed by atoms with Gasteiger partial charge in [0, 0.05) is 0 Å². The van der Waals surface area contributed by atoms with Crippen molar-refractivity contribution in [2.75, 3.05) is 0 Å². The first-order valence-corrected chi connectivity index (χ1v) is 8.23. The van der Waals surface area contributed by atoms with Gasteiger partial charge in [0.1, 0.15) is 0 Å². The van der Waals surface area contributed by atoms with Gasteiger partial charge in [-0.2, -0.15) is 0 Å². The van der Waals surface area contributed by atoms with Crippen LogP contribution in [0.2, 0.25) is 0 Å². The fourth-order valence-corrected chi connectivity index (χ4v) is 2.33. The van der Waals surface area contributed by atoms with Crippen molar-refractivity contribution in [2.24, 2.45) is 0 Å². The Morgan fingerprint density at radius 1 is 0.688 bits per heavy atom. The fourth-order valence-electron chi connectivity index (χ4n) is 2.10. The summed E-state index contributed by atoms with van der Waals surface area (Å²) < 4.78 is 0. The Bertz CT molecular complexity index is 123. The van der Waals surface area contributed by atoms with Gasteiger partial charge >= 0.3 is 0 Å². The third-order valence-corrected chi connectivity index (χ3v) is 4.26. The average molecular weight is 244 g/mol. The Morgan fingerprint density at radius 3 is 1.56 bits per heavy atom. The van der Waals surface area contributed by atoms with Gasteiger partial charge in [-0.05, 0) is 18.5 Å². The average Bonchev–Trinajstić information content (AvgIpc) is 2.31. The molecule has 98 valence electrons. The molecular weight excluding hydrogens is 211 g/mol. The van der Waals surface area contributed by atoms with E-state index in [0.29, 0.717) is 0 Å². The molecule has 0 radical (unpaired) electrons. The van der Waals surface area contributed by atoms with Crippen LogP contribution in [-0.2, 0) is 0 Å². The molecular formula is C15H33P. The van der Waals surface area contributed by atoms with Gasteiger partial charge in [-0.15, -0.1) is 9.24 Å². The van der Waals surface area contributed by atoms with Gasteiger partial charge in [0.25, 0.3) is 0 Å². The van der Waals surface area contributed by atoms with Crippen molar-refractivity contribution in [3.05, 3.63) is 0 Å². The summed E-state index contributed by atoms with van der Waals surface area (Å²) in [6, 6.07) is 0. The third-order valence-electron chi connectivity index (χ3n) is 3.45. The quantitative estimate of drug-likeness (QED) is 0.294. The van der Waals surface area contributed by atoms with Crippen molar-refractivity contribution in [3.63, 3.8) is 0 Å². The molecule has 0 aromatic rings. The van der Waals surface area contributed by atoms with Crippen molar-refractivity contribution in [2.45, 2.75) is 96.6 Å². The molecule has 0 aromatic carbocycles. The number of unbranched alkanes of at least 4 members (excludes halogenated alkanes) is 9. The molecule has 2 unspecified atom stereocenters. The van der Waals surface area contributed by atoms with E-state index in [0.717, 1.165) is 5.66 Å². The van der Waals surface area contributed by atoms with Crippen LogP contribution in [0.1, 0.15) is 90.9 Å². The zero-order chi connectivity index (χ0) is 12.1. The molecule has 0 rings (SSSR count). The highest BCUT2D eigenvalue weighted by Crippen LogP contribution is 2.16. The first kappa shape index (κ1) is 16.4. The maximum Gasteiger partial charge on any atom is -0.0267 e. The molecule has 0 saturated carbocycles. The molecule has 0 aromatic heterocycles. The van der Waals surface area contributed by atoms with Crippen LogP contribution < -0.4 is 0 Å². The molecule has 0 bridgehead atoms. The summed E-state index contributed by atoms with van der Waals surface area (Å²) in [6.45, 7) is 4.57. The van der Waals surface area contributed by atoms with Gasteiger partial charge in [-0.1, -0.05) is 78.1 Å². The van der Waals surface area contributed by atoms with Crippen LogP contribution in [-0.4, -0.2) is 5.66 Å². The second-order valence-corrected chi connectivity index (χ2v) is 6.08. The summed E-state index contributed by atoms with van der Waals surface area (Å²) in [7, 11) is 2.97. The zero-order valence-electron chi connectivity index (χ0n) is 11.6. The second-order valence-electron chi connectivity index (χ2n) is 5.14. The molecule has 0 amide bonds. The van der Waals surface area contributed by atoms with E-state index in [4.69, 9.17) is 0 Å². The molecule has 0 saturated heterocycles. The molecule has 2 atom stereocenters. The second kappa shape index (κ2) is 13.5. The van der Waals surface area contributed by atoms with Crippen molar-refractivity contribution in [3.8, 4) is 0 Å². The molecule has 1 heteroatoms. The van der Waals surface area contributed by atoms with E-state index in [1.165, 1.54) is 77.0 Å². The van der Waals surface area contributed by atoms with E-state index >= 15 is 0 Å². The molecule has 0 aliphatic rings. The highest BCUT2D eigenvalue weighted by atomic mass is 31.0. The first-order valence-electron chi connectivity index (χ1n) is 7.56. The van der Waals surface area contributed by atoms with Crippen LogP contribution in [0, 0.1) is 0 Å². The van der Waals surface area contributed by atoms with Crippen molar-refractivity contribution in [1.29, 1.82) is 0 Å². The highest BCUT2D eigenvalue weighted by Gasteiger charge is 1.98. The van der Waals surface area contributed by atoms with Gasteiger partial charge < -0.3 is 0 Å². The number of rotatable bonds is 12. The predicted molar refractivity (Wildman–Crippen MR) is 80.3 cm³/mol. The van der Waals surface area contributed by atoms with Gasteiger partial charge in [-0.3, -0.25) is 0 Å². The Balaban J connectivity index is 2.93. The fraction of sp³-hybridized carbons (Fsp3) is 1.00. The summed E-state index contributed by atoms with van der Waals surface area (Å²) in [5.41, 5.74) is 0.869. The lowest BCUT2D eigenvalue weighted by atomic mass is 10.0. The minimum Gasteiger partial charge on any atom is -0.134 e. The van der Waals surface area contributed by atoms with E-state index in [1.54, 1.807) is 0 Å². The van der Waals surface area contributed by atoms with Gasteiger partial charge in [0.2, 0.25) is 0 Å². The molecule has 0 aliphatic heterocycles. The third kappa shape index (κ3) is 12.5. The largest absolute Gasteiger partial charge is 0.134 e. The van der Waals surface area contributed by atoms with Crippen molar-refractivity contribution >= 4 is 9.24 Å².